The SMILES string of the molecule is NCCCCCS(=O)(=O)NOCC1CCCCC1. The fraction of sp³-hybridized carbons (Fsp3) is 1.00. The average molecular weight is 278 g/mol. The van der Waals surface area contributed by atoms with Crippen LogP contribution in [0, 0.1) is 5.92 Å². The van der Waals surface area contributed by atoms with Gasteiger partial charge >= 0.3 is 0 Å². The Bertz CT molecular complexity index is 300. The van der Waals surface area contributed by atoms with Gasteiger partial charge in [0.2, 0.25) is 10.0 Å². The summed E-state index contributed by atoms with van der Waals surface area (Å²) in [5, 5.41) is 0. The number of nitrogens with two attached hydrogens (primary N) is 1. The molecule has 0 heterocycles. The number of unbranched alkanes of at least 4 members (excludes halogenated alkanes) is 2. The van der Waals surface area contributed by atoms with Crippen LogP contribution in [0.4, 0.5) is 0 Å². The summed E-state index contributed by atoms with van der Waals surface area (Å²) in [7, 11) is -3.28. The molecular formula is C12H26N2O3S. The monoisotopic (exact) mass is 278 g/mol. The van der Waals surface area contributed by atoms with E-state index < -0.39 is 10.0 Å². The highest BCUT2D eigenvalue weighted by molar-refractivity contribution is 7.89. The zero-order valence-electron chi connectivity index (χ0n) is 11.1. The van der Waals surface area contributed by atoms with Crippen LogP contribution in [-0.4, -0.2) is 27.3 Å². The molecule has 0 amide bonds. The lowest BCUT2D eigenvalue weighted by Gasteiger charge is -2.20. The maximum absolute atomic E-state index is 11.6. The lowest BCUT2D eigenvalue weighted by molar-refractivity contribution is 0.0519. The van der Waals surface area contributed by atoms with Crippen molar-refractivity contribution in [3.8, 4) is 0 Å². The molecule has 108 valence electrons. The summed E-state index contributed by atoms with van der Waals surface area (Å²) in [6, 6.07) is 0. The van der Waals surface area contributed by atoms with E-state index in [0.717, 1.165) is 25.7 Å². The second-order valence-corrected chi connectivity index (χ2v) is 6.87. The van der Waals surface area contributed by atoms with Gasteiger partial charge in [-0.25, -0.2) is 8.42 Å². The van der Waals surface area contributed by atoms with E-state index in [-0.39, 0.29) is 5.75 Å². The minimum Gasteiger partial charge on any atom is -0.330 e. The highest BCUT2D eigenvalue weighted by Crippen LogP contribution is 2.23. The Morgan fingerprint density at radius 3 is 2.50 bits per heavy atom. The summed E-state index contributed by atoms with van der Waals surface area (Å²) >= 11 is 0. The van der Waals surface area contributed by atoms with E-state index in [1.165, 1.54) is 19.3 Å². The third-order valence-corrected chi connectivity index (χ3v) is 4.54. The van der Waals surface area contributed by atoms with Crippen LogP contribution >= 0.6 is 0 Å². The van der Waals surface area contributed by atoms with E-state index in [1.807, 2.05) is 0 Å². The Morgan fingerprint density at radius 1 is 1.11 bits per heavy atom. The molecule has 1 aliphatic rings. The number of rotatable bonds is 9. The largest absolute Gasteiger partial charge is 0.330 e. The van der Waals surface area contributed by atoms with Crippen LogP contribution < -0.4 is 10.6 Å². The first-order chi connectivity index (χ1) is 8.64. The first-order valence-corrected chi connectivity index (χ1v) is 8.60. The molecule has 0 aromatic rings. The van der Waals surface area contributed by atoms with Crippen LogP contribution in [0.3, 0.4) is 0 Å². The molecule has 6 heteroatoms. The molecule has 18 heavy (non-hydrogen) atoms. The smallest absolute Gasteiger partial charge is 0.233 e. The van der Waals surface area contributed by atoms with Gasteiger partial charge < -0.3 is 5.73 Å². The minimum atomic E-state index is -3.28. The predicted molar refractivity (Wildman–Crippen MR) is 72.4 cm³/mol. The zero-order valence-corrected chi connectivity index (χ0v) is 11.9. The zero-order chi connectivity index (χ0) is 13.3. The maximum atomic E-state index is 11.6. The second kappa shape index (κ2) is 8.85. The van der Waals surface area contributed by atoms with Gasteiger partial charge in [0.25, 0.3) is 0 Å². The van der Waals surface area contributed by atoms with E-state index in [4.69, 9.17) is 10.6 Å². The van der Waals surface area contributed by atoms with E-state index in [2.05, 4.69) is 4.89 Å². The first-order valence-electron chi connectivity index (χ1n) is 6.95. The summed E-state index contributed by atoms with van der Waals surface area (Å²) in [4.78, 5) is 7.36. The van der Waals surface area contributed by atoms with Crippen LogP contribution in [0.1, 0.15) is 51.4 Å². The lowest BCUT2D eigenvalue weighted by atomic mass is 9.90. The third-order valence-electron chi connectivity index (χ3n) is 3.35. The maximum Gasteiger partial charge on any atom is 0.233 e. The first kappa shape index (κ1) is 15.9. The number of sulfonamides is 1. The van der Waals surface area contributed by atoms with Crippen LogP contribution in [-0.2, 0) is 14.9 Å². The third kappa shape index (κ3) is 7.31. The normalized spacial score (nSPS) is 18.1. The molecule has 5 nitrogen and oxygen atoms in total. The molecule has 3 N–H and O–H groups in total. The van der Waals surface area contributed by atoms with Crippen LogP contribution in [0.5, 0.6) is 0 Å². The van der Waals surface area contributed by atoms with Crippen molar-refractivity contribution in [2.24, 2.45) is 11.7 Å². The van der Waals surface area contributed by atoms with Gasteiger partial charge in [-0.05, 0) is 38.1 Å². The molecule has 1 rings (SSSR count). The van der Waals surface area contributed by atoms with Gasteiger partial charge in [0.1, 0.15) is 0 Å². The predicted octanol–water partition coefficient (Wildman–Crippen LogP) is 1.55. The van der Waals surface area contributed by atoms with Gasteiger partial charge in [-0.3, -0.25) is 4.84 Å². The van der Waals surface area contributed by atoms with Crippen molar-refractivity contribution in [1.82, 2.24) is 4.89 Å². The molecule has 0 atom stereocenters. The van der Waals surface area contributed by atoms with Crippen LogP contribution in [0.25, 0.3) is 0 Å². The van der Waals surface area contributed by atoms with E-state index >= 15 is 0 Å². The molecule has 0 aromatic heterocycles. The molecule has 1 saturated carbocycles. The van der Waals surface area contributed by atoms with Crippen molar-refractivity contribution in [2.45, 2.75) is 51.4 Å². The van der Waals surface area contributed by atoms with Crippen LogP contribution in [0.2, 0.25) is 0 Å². The standard InChI is InChI=1S/C12H26N2O3S/c13-9-5-2-6-10-18(15,16)14-17-11-12-7-3-1-4-8-12/h12,14H,1-11,13H2. The fourth-order valence-corrected chi connectivity index (χ4v) is 3.17. The molecule has 0 aromatic carbocycles. The number of hydrogen-bond acceptors (Lipinski definition) is 4. The Balaban J connectivity index is 2.08. The second-order valence-electron chi connectivity index (χ2n) is 5.07. The molecule has 0 radical (unpaired) electrons. The van der Waals surface area contributed by atoms with Crippen molar-refractivity contribution in [2.75, 3.05) is 18.9 Å². The van der Waals surface area contributed by atoms with Crippen molar-refractivity contribution in [3.05, 3.63) is 0 Å². The molecule has 0 saturated heterocycles. The summed E-state index contributed by atoms with van der Waals surface area (Å²) in [5.41, 5.74) is 5.35. The van der Waals surface area contributed by atoms with E-state index in [1.54, 1.807) is 0 Å². The van der Waals surface area contributed by atoms with Gasteiger partial charge in [0, 0.05) is 0 Å². The Hall–Kier alpha value is -0.170. The van der Waals surface area contributed by atoms with Gasteiger partial charge in [-0.15, -0.1) is 0 Å². The highest BCUT2D eigenvalue weighted by Gasteiger charge is 2.15. The Labute approximate surface area is 110 Å². The quantitative estimate of drug-likeness (QED) is 0.495. The summed E-state index contributed by atoms with van der Waals surface area (Å²) < 4.78 is 23.1. The van der Waals surface area contributed by atoms with Crippen molar-refractivity contribution in [1.29, 1.82) is 0 Å². The highest BCUT2D eigenvalue weighted by atomic mass is 32.2. The molecule has 1 aliphatic carbocycles. The molecule has 0 aliphatic heterocycles. The molecular weight excluding hydrogens is 252 g/mol. The molecule has 0 unspecified atom stereocenters. The van der Waals surface area contributed by atoms with Gasteiger partial charge in [0.05, 0.1) is 12.4 Å². The van der Waals surface area contributed by atoms with Gasteiger partial charge in [-0.1, -0.05) is 30.6 Å². The molecule has 0 spiro atoms. The van der Waals surface area contributed by atoms with E-state index in [9.17, 15) is 8.42 Å². The topological polar surface area (TPSA) is 81.4 Å². The summed E-state index contributed by atoms with van der Waals surface area (Å²) in [6.07, 6.45) is 8.43. The average Bonchev–Trinajstić information content (AvgIpc) is 2.36. The summed E-state index contributed by atoms with van der Waals surface area (Å²) in [5.74, 6) is 0.635. The van der Waals surface area contributed by atoms with Crippen LogP contribution in [0.15, 0.2) is 0 Å². The molecule has 0 bridgehead atoms. The Morgan fingerprint density at radius 2 is 1.83 bits per heavy atom. The van der Waals surface area contributed by atoms with E-state index in [0.29, 0.717) is 25.5 Å². The fourth-order valence-electron chi connectivity index (χ4n) is 2.25. The van der Waals surface area contributed by atoms with Gasteiger partial charge in [-0.2, -0.15) is 0 Å². The van der Waals surface area contributed by atoms with Gasteiger partial charge in [0.15, 0.2) is 0 Å². The minimum absolute atomic E-state index is 0.123. The van der Waals surface area contributed by atoms with Crippen molar-refractivity contribution >= 4 is 10.0 Å². The van der Waals surface area contributed by atoms with Crippen molar-refractivity contribution in [3.63, 3.8) is 0 Å². The number of hydrogen-bond donors (Lipinski definition) is 2. The van der Waals surface area contributed by atoms with Crippen molar-refractivity contribution < 1.29 is 13.3 Å². The lowest BCUT2D eigenvalue weighted by Crippen LogP contribution is -2.29. The molecule has 1 fully saturated rings. The summed E-state index contributed by atoms with van der Waals surface area (Å²) in [6.45, 7) is 1.12. The number of nitrogens with one attached hydrogen (secondary N) is 1. The Kier molecular flexibility index (Phi) is 7.81.